The number of piperidine rings is 1. The lowest BCUT2D eigenvalue weighted by atomic mass is 9.84. The summed E-state index contributed by atoms with van der Waals surface area (Å²) in [6, 6.07) is 1.09. The summed E-state index contributed by atoms with van der Waals surface area (Å²) in [5.41, 5.74) is 0.347. The molecule has 6 rings (SSSR count). The number of carbonyl (C=O) groups is 12. The molecule has 12 amide bonds. The van der Waals surface area contributed by atoms with Gasteiger partial charge in [0.1, 0.15) is 48.1 Å². The van der Waals surface area contributed by atoms with Gasteiger partial charge in [-0.05, 0) is 118 Å². The molecule has 4 fully saturated rings. The van der Waals surface area contributed by atoms with Gasteiger partial charge < -0.3 is 64.8 Å². The van der Waals surface area contributed by atoms with E-state index in [9.17, 15) is 61.1 Å². The first kappa shape index (κ1) is 87.7. The van der Waals surface area contributed by atoms with Crippen LogP contribution < -0.4 is 16.0 Å². The number of alkyl halides is 3. The molecule has 0 radical (unpaired) electrons. The molecule has 25 nitrogen and oxygen atoms in total. The monoisotopic (exact) mass is 1510 g/mol. The maximum atomic E-state index is 15.3. The van der Waals surface area contributed by atoms with Crippen molar-refractivity contribution in [2.24, 2.45) is 23.7 Å². The molecule has 3 aliphatic heterocycles. The number of likely N-dealkylation sites (N-methyl/N-ethyl adjacent to an activating group) is 7. The molecule has 2 aromatic carbocycles. The molecule has 2 aromatic rings. The fraction of sp³-hybridized carbons (Fsp3) is 0.692. The summed E-state index contributed by atoms with van der Waals surface area (Å²) in [6.45, 7) is 11.9. The zero-order chi connectivity index (χ0) is 79.3. The van der Waals surface area contributed by atoms with Crippen LogP contribution in [-0.4, -0.2) is 259 Å². The van der Waals surface area contributed by atoms with Gasteiger partial charge in [0.05, 0.1) is 44.3 Å². The van der Waals surface area contributed by atoms with Crippen molar-refractivity contribution in [1.29, 1.82) is 0 Å². The number of likely N-dealkylation sites (tertiary alicyclic amines) is 1. The predicted octanol–water partition coefficient (Wildman–Crippen LogP) is 6.74. The number of ether oxygens (including phenoxy) is 1. The number of nitrogens with zero attached hydrogens (tertiary/aromatic N) is 9. The van der Waals surface area contributed by atoms with Gasteiger partial charge in [0.25, 0.3) is 0 Å². The molecule has 3 saturated heterocycles. The van der Waals surface area contributed by atoms with Crippen LogP contribution in [-0.2, 0) is 81.5 Å². The van der Waals surface area contributed by atoms with Gasteiger partial charge in [0, 0.05) is 88.4 Å². The van der Waals surface area contributed by atoms with E-state index in [1.54, 1.807) is 11.8 Å². The van der Waals surface area contributed by atoms with E-state index in [0.29, 0.717) is 44.5 Å². The Balaban J connectivity index is 1.38. The van der Waals surface area contributed by atoms with Crippen molar-refractivity contribution < 1.29 is 79.8 Å². The lowest BCUT2D eigenvalue weighted by molar-refractivity contribution is -0.153. The van der Waals surface area contributed by atoms with Gasteiger partial charge in [-0.25, -0.2) is 4.39 Å². The van der Waals surface area contributed by atoms with Gasteiger partial charge in [-0.3, -0.25) is 57.5 Å². The fourth-order valence-corrected chi connectivity index (χ4v) is 14.5. The van der Waals surface area contributed by atoms with E-state index in [-0.39, 0.29) is 101 Å². The van der Waals surface area contributed by atoms with E-state index in [1.807, 2.05) is 65.8 Å². The third-order valence-corrected chi connectivity index (χ3v) is 21.6. The summed E-state index contributed by atoms with van der Waals surface area (Å²) in [5.74, 6) is -10.1. The maximum absolute atomic E-state index is 15.3. The Morgan fingerprint density at radius 1 is 0.607 bits per heavy atom. The molecule has 3 heterocycles. The highest BCUT2D eigenvalue weighted by atomic mass is 19.4. The van der Waals surface area contributed by atoms with Gasteiger partial charge >= 0.3 is 6.18 Å². The van der Waals surface area contributed by atoms with E-state index in [4.69, 9.17) is 4.74 Å². The summed E-state index contributed by atoms with van der Waals surface area (Å²) in [6.07, 6.45) is 0.851. The van der Waals surface area contributed by atoms with Gasteiger partial charge in [0.15, 0.2) is 0 Å². The fourth-order valence-electron chi connectivity index (χ4n) is 14.5. The molecular formula is C78H118F4N12O13. The van der Waals surface area contributed by atoms with E-state index >= 15 is 14.0 Å². The number of amides is 12. The predicted molar refractivity (Wildman–Crippen MR) is 394 cm³/mol. The number of hydrogen-bond donors (Lipinski definition) is 3. The van der Waals surface area contributed by atoms with Crippen LogP contribution in [0, 0.1) is 36.4 Å². The van der Waals surface area contributed by atoms with Crippen LogP contribution in [0.2, 0.25) is 0 Å². The molecule has 29 heteroatoms. The van der Waals surface area contributed by atoms with Crippen LogP contribution in [0.5, 0.6) is 0 Å². The number of nitrogens with one attached hydrogen (secondary N) is 3. The van der Waals surface area contributed by atoms with E-state index in [1.165, 1.54) is 73.8 Å². The summed E-state index contributed by atoms with van der Waals surface area (Å²) in [4.78, 5) is 188. The van der Waals surface area contributed by atoms with Crippen LogP contribution in [0.3, 0.4) is 0 Å². The molecule has 1 unspecified atom stereocenters. The number of benzene rings is 2. The van der Waals surface area contributed by atoms with Crippen molar-refractivity contribution in [3.05, 3.63) is 70.5 Å². The SMILES string of the molecule is CC[C@H](C)[C@@H]1NC(=O)[C@H](CC(C)C)N(C)C(=O)C[C@@H](C(=O)N2CCCCC2)N(C)C(=O)[C@H](CC(C)C)N(C)C(=O)CCCCNC(=O)[C@@H]2CC(OCc3ccc(C)cc3)CN2C(=O)[C@H](CCc2ccc(C(F)(F)F)c(F)c2)NC(=O)CN(C)C(=O)[C@H](CC2CCCCC2)N(C)C(=O)CN(C)C(=O)CN(C)C1=O. The Morgan fingerprint density at radius 2 is 1.20 bits per heavy atom. The normalized spacial score (nSPS) is 24.9. The summed E-state index contributed by atoms with van der Waals surface area (Å²) >= 11 is 0. The quantitative estimate of drug-likeness (QED) is 0.156. The number of hydrogen-bond acceptors (Lipinski definition) is 13. The average Bonchev–Trinajstić information content (AvgIpc) is 1.80. The number of fused-ring (bicyclic) bond motifs is 1. The smallest absolute Gasteiger partial charge is 0.372 e. The highest BCUT2D eigenvalue weighted by Gasteiger charge is 2.45. The molecule has 0 spiro atoms. The number of aryl methyl sites for hydroxylation is 2. The molecule has 107 heavy (non-hydrogen) atoms. The van der Waals surface area contributed by atoms with E-state index in [0.717, 1.165) is 70.4 Å². The van der Waals surface area contributed by atoms with Crippen molar-refractivity contribution in [2.45, 2.75) is 232 Å². The molecule has 1 aliphatic carbocycles. The minimum Gasteiger partial charge on any atom is -0.372 e. The summed E-state index contributed by atoms with van der Waals surface area (Å²) in [7, 11) is 9.87. The Bertz CT molecular complexity index is 3400. The molecule has 1 saturated carbocycles. The van der Waals surface area contributed by atoms with Crippen LogP contribution in [0.25, 0.3) is 0 Å². The largest absolute Gasteiger partial charge is 0.419 e. The van der Waals surface area contributed by atoms with E-state index in [2.05, 4.69) is 16.0 Å². The van der Waals surface area contributed by atoms with Gasteiger partial charge in [0.2, 0.25) is 70.9 Å². The first-order chi connectivity index (χ1) is 50.4. The first-order valence-corrected chi connectivity index (χ1v) is 38.2. The Kier molecular flexibility index (Phi) is 33.4. The standard InChI is InChI=1S/C78H118F4N12O13/c1-15-52(7)70-77(106)88(10)46-68(98)86(8)47-69(99)91(13)63(41-53-24-18-16-19-25-53)74(103)87(9)45-65(95)84-59(34-32-54-31-33-57(58(79)40-54)78(80,81)82)73(102)94-44-56(107-48-55-29-27-51(6)28-30-55)42-61(94)71(100)83-35-21-20-26-66(96)90(12)62(39-50(4)5)75(104)92(14)64(76(105)93-36-22-17-23-37-93)43-67(97)89(11)60(38-49(2)3)72(101)85-70/h27-31,33,40,49-50,52-53,56,59-64,70H,15-26,32,34-39,41-48H2,1-14H3,(H,83,100)(H,84,95)(H,85,101)/t52-,56?,59-,60-,61-,62-,63-,64-,70-/m0/s1. The third kappa shape index (κ3) is 25.2. The number of carbonyl (C=O) groups excluding carboxylic acids is 12. The van der Waals surface area contributed by atoms with Crippen LogP contribution in [0.1, 0.15) is 179 Å². The molecule has 4 aliphatic rings. The highest BCUT2D eigenvalue weighted by molar-refractivity contribution is 5.98. The Labute approximate surface area is 629 Å². The second kappa shape index (κ2) is 40.8. The second-order valence-electron chi connectivity index (χ2n) is 31.0. The van der Waals surface area contributed by atoms with Crippen molar-refractivity contribution in [3.63, 3.8) is 0 Å². The van der Waals surface area contributed by atoms with Gasteiger partial charge in [-0.2, -0.15) is 13.2 Å². The molecule has 3 N–H and O–H groups in total. The topological polar surface area (TPSA) is 279 Å². The zero-order valence-electron chi connectivity index (χ0n) is 65.4. The second-order valence-corrected chi connectivity index (χ2v) is 31.0. The van der Waals surface area contributed by atoms with Crippen molar-refractivity contribution in [1.82, 2.24) is 60.0 Å². The minimum absolute atomic E-state index is 0.00800. The maximum Gasteiger partial charge on any atom is 0.419 e. The lowest BCUT2D eigenvalue weighted by Gasteiger charge is -2.38. The molecular weight excluding hydrogens is 1390 g/mol. The molecule has 9 atom stereocenters. The summed E-state index contributed by atoms with van der Waals surface area (Å²) in [5, 5.41) is 8.51. The number of halogens is 4. The zero-order valence-corrected chi connectivity index (χ0v) is 65.4. The highest BCUT2D eigenvalue weighted by Crippen LogP contribution is 2.34. The number of rotatable bonds is 15. The van der Waals surface area contributed by atoms with Crippen LogP contribution >= 0.6 is 0 Å². The Morgan fingerprint density at radius 3 is 1.81 bits per heavy atom. The molecule has 596 valence electrons. The lowest BCUT2D eigenvalue weighted by Crippen LogP contribution is -2.59. The van der Waals surface area contributed by atoms with Gasteiger partial charge in [-0.1, -0.05) is 116 Å². The minimum atomic E-state index is -5.01. The van der Waals surface area contributed by atoms with Crippen molar-refractivity contribution in [3.8, 4) is 0 Å². The van der Waals surface area contributed by atoms with Gasteiger partial charge in [-0.15, -0.1) is 0 Å². The Hall–Kier alpha value is -8.24. The van der Waals surface area contributed by atoms with E-state index < -0.39 is 169 Å². The average molecular weight is 1510 g/mol. The van der Waals surface area contributed by atoms with Crippen LogP contribution in [0.15, 0.2) is 42.5 Å². The van der Waals surface area contributed by atoms with Crippen molar-refractivity contribution in [2.75, 3.05) is 95.1 Å². The van der Waals surface area contributed by atoms with Crippen molar-refractivity contribution >= 4 is 70.9 Å². The molecule has 0 aromatic heterocycles. The first-order valence-electron chi connectivity index (χ1n) is 38.2. The molecule has 0 bridgehead atoms. The summed E-state index contributed by atoms with van der Waals surface area (Å²) < 4.78 is 62.8. The van der Waals surface area contributed by atoms with Crippen LogP contribution in [0.4, 0.5) is 17.6 Å². The third-order valence-electron chi connectivity index (χ3n) is 21.6.